The predicted octanol–water partition coefficient (Wildman–Crippen LogP) is 3.35. The normalized spacial score (nSPS) is 12.9. The van der Waals surface area contributed by atoms with E-state index < -0.39 is 0 Å². The lowest BCUT2D eigenvalue weighted by atomic mass is 9.86. The zero-order valence-corrected chi connectivity index (χ0v) is 14.0. The number of allylic oxidation sites excluding steroid dienone is 2. The fraction of sp³-hybridized carbons (Fsp3) is 0.467. The van der Waals surface area contributed by atoms with Crippen molar-refractivity contribution < 1.29 is 0 Å². The Balaban J connectivity index is 3.72. The lowest BCUT2D eigenvalue weighted by molar-refractivity contribution is 1.15. The molecule has 0 saturated carbocycles. The van der Waals surface area contributed by atoms with Crippen molar-refractivity contribution in [2.24, 2.45) is 0 Å². The summed E-state index contributed by atoms with van der Waals surface area (Å²) in [5.74, 6) is 0. The van der Waals surface area contributed by atoms with Crippen molar-refractivity contribution >= 4 is 15.8 Å². The zero-order valence-electron chi connectivity index (χ0n) is 12.0. The Kier molecular flexibility index (Phi) is 3.79. The Morgan fingerprint density at radius 2 is 1.00 bits per heavy atom. The second-order valence-electron chi connectivity index (χ2n) is 5.12. The summed E-state index contributed by atoms with van der Waals surface area (Å²) < 4.78 is 0. The lowest BCUT2D eigenvalue weighted by Crippen LogP contribution is -2.02. The third kappa shape index (κ3) is 2.01. The predicted molar refractivity (Wildman–Crippen MR) is 78.3 cm³/mol. The van der Waals surface area contributed by atoms with Gasteiger partial charge in [-0.3, -0.25) is 0 Å². The van der Waals surface area contributed by atoms with Crippen LogP contribution in [0.25, 0.3) is 5.57 Å². The average molecular weight is 232 g/mol. The Labute approximate surface area is 103 Å². The summed E-state index contributed by atoms with van der Waals surface area (Å²) in [7, 11) is 1.16. The monoisotopic (exact) mass is 232 g/mol. The summed E-state index contributed by atoms with van der Waals surface area (Å²) in [5.41, 5.74) is 10.3. The molecular formula is C15H24Si. The molecule has 0 saturated heterocycles. The molecule has 0 aliphatic rings. The van der Waals surface area contributed by atoms with E-state index >= 15 is 0 Å². The Bertz CT molecular complexity index is 432. The summed E-state index contributed by atoms with van der Waals surface area (Å²) in [6.07, 6.45) is 0. The van der Waals surface area contributed by atoms with Gasteiger partial charge in [0.25, 0.3) is 0 Å². The van der Waals surface area contributed by atoms with Gasteiger partial charge in [-0.15, -0.1) is 0 Å². The van der Waals surface area contributed by atoms with Gasteiger partial charge in [-0.05, 0) is 87.4 Å². The van der Waals surface area contributed by atoms with E-state index in [2.05, 4.69) is 48.5 Å². The maximum Gasteiger partial charge on any atom is 0.0333 e. The second-order valence-corrected chi connectivity index (χ2v) is 6.62. The van der Waals surface area contributed by atoms with Gasteiger partial charge in [0.15, 0.2) is 0 Å². The van der Waals surface area contributed by atoms with E-state index in [0.29, 0.717) is 0 Å². The number of hydrogen-bond donors (Lipinski definition) is 0. The van der Waals surface area contributed by atoms with Crippen molar-refractivity contribution in [1.29, 1.82) is 0 Å². The number of benzene rings is 1. The van der Waals surface area contributed by atoms with Crippen LogP contribution in [0.4, 0.5) is 0 Å². The van der Waals surface area contributed by atoms with Gasteiger partial charge >= 0.3 is 0 Å². The van der Waals surface area contributed by atoms with Crippen LogP contribution in [0, 0.1) is 34.6 Å². The van der Waals surface area contributed by atoms with Gasteiger partial charge in [-0.1, -0.05) is 5.20 Å². The van der Waals surface area contributed by atoms with Gasteiger partial charge in [-0.2, -0.15) is 0 Å². The van der Waals surface area contributed by atoms with Gasteiger partial charge in [0, 0.05) is 10.2 Å². The molecule has 0 aliphatic heterocycles. The number of hydrogen-bond acceptors (Lipinski definition) is 0. The summed E-state index contributed by atoms with van der Waals surface area (Å²) in [5, 5.41) is 1.55. The highest BCUT2D eigenvalue weighted by Crippen LogP contribution is 2.31. The van der Waals surface area contributed by atoms with Crippen LogP contribution in [0.1, 0.15) is 47.2 Å². The van der Waals surface area contributed by atoms with Crippen LogP contribution in [-0.2, 0) is 0 Å². The van der Waals surface area contributed by atoms with Crippen LogP contribution in [-0.4, -0.2) is 10.2 Å². The molecule has 0 bridgehead atoms. The minimum absolute atomic E-state index is 1.16. The third-order valence-electron chi connectivity index (χ3n) is 4.12. The molecule has 0 aromatic heterocycles. The maximum absolute atomic E-state index is 2.27. The van der Waals surface area contributed by atoms with Gasteiger partial charge in [0.1, 0.15) is 0 Å². The highest BCUT2D eigenvalue weighted by molar-refractivity contribution is 6.24. The molecule has 1 rings (SSSR count). The third-order valence-corrected chi connectivity index (χ3v) is 4.88. The summed E-state index contributed by atoms with van der Waals surface area (Å²) in [6.45, 7) is 15.8. The van der Waals surface area contributed by atoms with Crippen LogP contribution < -0.4 is 0 Å². The molecule has 0 N–H and O–H groups in total. The largest absolute Gasteiger partial charge is 0.0913 e. The van der Waals surface area contributed by atoms with Crippen molar-refractivity contribution in [2.45, 2.75) is 48.5 Å². The molecule has 0 radical (unpaired) electrons. The van der Waals surface area contributed by atoms with Gasteiger partial charge in [-0.25, -0.2) is 0 Å². The minimum atomic E-state index is 1.16. The molecule has 0 spiro atoms. The van der Waals surface area contributed by atoms with Crippen LogP contribution in [0.3, 0.4) is 0 Å². The van der Waals surface area contributed by atoms with Crippen molar-refractivity contribution in [2.75, 3.05) is 0 Å². The maximum atomic E-state index is 2.27. The van der Waals surface area contributed by atoms with Crippen molar-refractivity contribution in [3.63, 3.8) is 0 Å². The smallest absolute Gasteiger partial charge is 0.0333 e. The molecule has 1 heteroatoms. The fourth-order valence-corrected chi connectivity index (χ4v) is 2.56. The first-order valence-electron chi connectivity index (χ1n) is 6.00. The van der Waals surface area contributed by atoms with Crippen molar-refractivity contribution in [3.8, 4) is 0 Å². The van der Waals surface area contributed by atoms with E-state index in [1.165, 1.54) is 39.0 Å². The quantitative estimate of drug-likeness (QED) is 0.652. The Hall–Kier alpha value is -0.823. The summed E-state index contributed by atoms with van der Waals surface area (Å²) >= 11 is 0. The molecule has 16 heavy (non-hydrogen) atoms. The fourth-order valence-electron chi connectivity index (χ4n) is 2.31. The highest BCUT2D eigenvalue weighted by atomic mass is 28.1. The molecule has 1 aromatic carbocycles. The first kappa shape index (κ1) is 13.2. The van der Waals surface area contributed by atoms with E-state index in [9.17, 15) is 0 Å². The topological polar surface area (TPSA) is 0 Å². The van der Waals surface area contributed by atoms with E-state index in [4.69, 9.17) is 0 Å². The van der Waals surface area contributed by atoms with Crippen LogP contribution in [0.15, 0.2) is 5.20 Å². The molecule has 0 nitrogen and oxygen atoms in total. The molecule has 0 fully saturated rings. The molecule has 0 atom stereocenters. The van der Waals surface area contributed by atoms with Crippen LogP contribution in [0.5, 0.6) is 0 Å². The van der Waals surface area contributed by atoms with Gasteiger partial charge in [0.05, 0.1) is 0 Å². The van der Waals surface area contributed by atoms with Gasteiger partial charge in [0.2, 0.25) is 0 Å². The SMILES string of the molecule is CC([SiH3])=C(C)c1c(C)c(C)c(C)c(C)c1C. The molecule has 1 aromatic rings. The molecule has 0 aliphatic carbocycles. The molecule has 0 amide bonds. The van der Waals surface area contributed by atoms with E-state index in [1.807, 2.05) is 0 Å². The highest BCUT2D eigenvalue weighted by Gasteiger charge is 2.13. The molecular weight excluding hydrogens is 208 g/mol. The number of rotatable bonds is 1. The van der Waals surface area contributed by atoms with Gasteiger partial charge < -0.3 is 0 Å². The summed E-state index contributed by atoms with van der Waals surface area (Å²) in [6, 6.07) is 0. The summed E-state index contributed by atoms with van der Waals surface area (Å²) in [4.78, 5) is 0. The standard InChI is InChI=1S/C15H24Si/c1-8-9(2)11(4)15(12(5)10(8)3)13(6)14(7)16/h1-7,16H3. The second kappa shape index (κ2) is 4.58. The van der Waals surface area contributed by atoms with E-state index in [1.54, 1.807) is 5.20 Å². The minimum Gasteiger partial charge on any atom is -0.0913 e. The van der Waals surface area contributed by atoms with E-state index in [0.717, 1.165) is 10.2 Å². The molecule has 0 heterocycles. The van der Waals surface area contributed by atoms with Crippen LogP contribution >= 0.6 is 0 Å². The molecule has 0 unspecified atom stereocenters. The molecule has 88 valence electrons. The van der Waals surface area contributed by atoms with Crippen molar-refractivity contribution in [3.05, 3.63) is 38.6 Å². The van der Waals surface area contributed by atoms with Crippen LogP contribution in [0.2, 0.25) is 0 Å². The van der Waals surface area contributed by atoms with Crippen molar-refractivity contribution in [1.82, 2.24) is 0 Å². The van der Waals surface area contributed by atoms with E-state index in [-0.39, 0.29) is 0 Å². The average Bonchev–Trinajstić information content (AvgIpc) is 2.23. The Morgan fingerprint density at radius 1 is 0.688 bits per heavy atom. The zero-order chi connectivity index (χ0) is 12.6. The lowest BCUT2D eigenvalue weighted by Gasteiger charge is -2.20. The first-order chi connectivity index (χ1) is 7.29. The Morgan fingerprint density at radius 3 is 1.31 bits per heavy atom. The first-order valence-corrected chi connectivity index (χ1v) is 7.00.